The van der Waals surface area contributed by atoms with Gasteiger partial charge in [-0.1, -0.05) is 12.1 Å². The van der Waals surface area contributed by atoms with Crippen LogP contribution in [0.2, 0.25) is 0 Å². The lowest BCUT2D eigenvalue weighted by molar-refractivity contribution is -0.159. The second kappa shape index (κ2) is 6.61. The van der Waals surface area contributed by atoms with Gasteiger partial charge in [-0.15, -0.1) is 0 Å². The van der Waals surface area contributed by atoms with E-state index in [9.17, 15) is 14.7 Å². The largest absolute Gasteiger partial charge is 0.497 e. The van der Waals surface area contributed by atoms with Crippen LogP contribution in [0.3, 0.4) is 0 Å². The summed E-state index contributed by atoms with van der Waals surface area (Å²) in [6, 6.07) is 6.82. The predicted octanol–water partition coefficient (Wildman–Crippen LogP) is 0.574. The number of carboxylic acid groups (broad SMARTS) is 1. The van der Waals surface area contributed by atoms with E-state index in [4.69, 9.17) is 14.6 Å². The fourth-order valence-electron chi connectivity index (χ4n) is 1.22. The SMILES string of the molecule is COc1ccc(COC(=O)C(O)CC(=O)O)cc1. The molecule has 0 saturated carbocycles. The van der Waals surface area contributed by atoms with E-state index in [-0.39, 0.29) is 6.61 Å². The van der Waals surface area contributed by atoms with Crippen molar-refractivity contribution in [1.29, 1.82) is 0 Å². The molecule has 1 unspecified atom stereocenters. The Labute approximate surface area is 104 Å². The molecule has 0 radical (unpaired) electrons. The van der Waals surface area contributed by atoms with Crippen LogP contribution in [0.1, 0.15) is 12.0 Å². The molecule has 6 nitrogen and oxygen atoms in total. The molecule has 0 fully saturated rings. The molecule has 0 spiro atoms. The zero-order chi connectivity index (χ0) is 13.5. The molecule has 0 heterocycles. The van der Waals surface area contributed by atoms with Crippen LogP contribution in [0.4, 0.5) is 0 Å². The number of ether oxygens (including phenoxy) is 2. The lowest BCUT2D eigenvalue weighted by atomic mass is 10.2. The van der Waals surface area contributed by atoms with E-state index in [0.29, 0.717) is 11.3 Å². The minimum Gasteiger partial charge on any atom is -0.497 e. The van der Waals surface area contributed by atoms with Gasteiger partial charge in [0.2, 0.25) is 0 Å². The number of carbonyl (C=O) groups excluding carboxylic acids is 1. The Balaban J connectivity index is 2.44. The van der Waals surface area contributed by atoms with Crippen molar-refractivity contribution in [3.63, 3.8) is 0 Å². The van der Waals surface area contributed by atoms with Gasteiger partial charge in [-0.25, -0.2) is 4.79 Å². The third-order valence-electron chi connectivity index (χ3n) is 2.18. The van der Waals surface area contributed by atoms with Crippen molar-refractivity contribution >= 4 is 11.9 Å². The molecule has 0 saturated heterocycles. The number of aliphatic carboxylic acids is 1. The summed E-state index contributed by atoms with van der Waals surface area (Å²) in [5.41, 5.74) is 0.715. The van der Waals surface area contributed by atoms with Gasteiger partial charge in [0.05, 0.1) is 13.5 Å². The first kappa shape index (κ1) is 14.0. The molecule has 0 bridgehead atoms. The van der Waals surface area contributed by atoms with Crippen molar-refractivity contribution in [3.8, 4) is 5.75 Å². The van der Waals surface area contributed by atoms with Gasteiger partial charge in [0.15, 0.2) is 6.10 Å². The van der Waals surface area contributed by atoms with Crippen LogP contribution in [0, 0.1) is 0 Å². The molecular weight excluding hydrogens is 240 g/mol. The monoisotopic (exact) mass is 254 g/mol. The van der Waals surface area contributed by atoms with Crippen molar-refractivity contribution in [3.05, 3.63) is 29.8 Å². The first-order chi connectivity index (χ1) is 8.52. The third kappa shape index (κ3) is 4.42. The molecule has 98 valence electrons. The molecule has 0 aromatic heterocycles. The Morgan fingerprint density at radius 2 is 1.89 bits per heavy atom. The van der Waals surface area contributed by atoms with E-state index in [0.717, 1.165) is 0 Å². The van der Waals surface area contributed by atoms with Crippen molar-refractivity contribution < 1.29 is 29.3 Å². The Morgan fingerprint density at radius 3 is 2.39 bits per heavy atom. The molecule has 1 atom stereocenters. The second-order valence-corrected chi connectivity index (χ2v) is 3.57. The molecule has 0 aliphatic rings. The van der Waals surface area contributed by atoms with Gasteiger partial charge in [-0.05, 0) is 17.7 Å². The summed E-state index contributed by atoms with van der Waals surface area (Å²) in [4.78, 5) is 21.5. The van der Waals surface area contributed by atoms with Crippen LogP contribution in [0.15, 0.2) is 24.3 Å². The highest BCUT2D eigenvalue weighted by atomic mass is 16.5. The number of esters is 1. The Hall–Kier alpha value is -2.08. The highest BCUT2D eigenvalue weighted by Crippen LogP contribution is 2.12. The number of hydrogen-bond acceptors (Lipinski definition) is 5. The second-order valence-electron chi connectivity index (χ2n) is 3.57. The fourth-order valence-corrected chi connectivity index (χ4v) is 1.22. The number of benzene rings is 1. The summed E-state index contributed by atoms with van der Waals surface area (Å²) >= 11 is 0. The topological polar surface area (TPSA) is 93.1 Å². The summed E-state index contributed by atoms with van der Waals surface area (Å²) in [7, 11) is 1.54. The Morgan fingerprint density at radius 1 is 1.28 bits per heavy atom. The molecule has 0 aliphatic carbocycles. The first-order valence-electron chi connectivity index (χ1n) is 5.22. The summed E-state index contributed by atoms with van der Waals surface area (Å²) in [6.07, 6.45) is -2.30. The molecule has 0 amide bonds. The maximum Gasteiger partial charge on any atom is 0.335 e. The van der Waals surface area contributed by atoms with E-state index in [2.05, 4.69) is 0 Å². The van der Waals surface area contributed by atoms with Gasteiger partial charge in [-0.2, -0.15) is 0 Å². The normalized spacial score (nSPS) is 11.7. The maximum atomic E-state index is 11.2. The summed E-state index contributed by atoms with van der Waals surface area (Å²) in [5, 5.41) is 17.6. The summed E-state index contributed by atoms with van der Waals surface area (Å²) in [6.45, 7) is -0.0283. The lowest BCUT2D eigenvalue weighted by Gasteiger charge is -2.09. The predicted molar refractivity (Wildman–Crippen MR) is 61.0 cm³/mol. The van der Waals surface area contributed by atoms with E-state index >= 15 is 0 Å². The average Bonchev–Trinajstić information content (AvgIpc) is 2.35. The Bertz CT molecular complexity index is 411. The van der Waals surface area contributed by atoms with E-state index < -0.39 is 24.5 Å². The average molecular weight is 254 g/mol. The van der Waals surface area contributed by atoms with Gasteiger partial charge < -0.3 is 19.7 Å². The number of carboxylic acids is 1. The fraction of sp³-hybridized carbons (Fsp3) is 0.333. The highest BCUT2D eigenvalue weighted by Gasteiger charge is 2.19. The molecule has 1 aromatic rings. The third-order valence-corrected chi connectivity index (χ3v) is 2.18. The van der Waals surface area contributed by atoms with Gasteiger partial charge in [0, 0.05) is 0 Å². The van der Waals surface area contributed by atoms with E-state index in [1.807, 2.05) is 0 Å². The van der Waals surface area contributed by atoms with Gasteiger partial charge >= 0.3 is 11.9 Å². The van der Waals surface area contributed by atoms with Crippen molar-refractivity contribution in [1.82, 2.24) is 0 Å². The maximum absolute atomic E-state index is 11.2. The van der Waals surface area contributed by atoms with Crippen molar-refractivity contribution in [2.45, 2.75) is 19.1 Å². The molecule has 6 heteroatoms. The van der Waals surface area contributed by atoms with Crippen molar-refractivity contribution in [2.75, 3.05) is 7.11 Å². The zero-order valence-corrected chi connectivity index (χ0v) is 9.83. The standard InChI is InChI=1S/C12H14O6/c1-17-9-4-2-8(3-5-9)7-18-12(16)10(13)6-11(14)15/h2-5,10,13H,6-7H2,1H3,(H,14,15). The summed E-state index contributed by atoms with van der Waals surface area (Å²) < 4.78 is 9.73. The minimum atomic E-state index is -1.64. The minimum absolute atomic E-state index is 0.0283. The number of rotatable bonds is 6. The molecule has 1 aromatic carbocycles. The van der Waals surface area contributed by atoms with Crippen LogP contribution in [0.5, 0.6) is 5.75 Å². The van der Waals surface area contributed by atoms with Gasteiger partial charge in [-0.3, -0.25) is 4.79 Å². The summed E-state index contributed by atoms with van der Waals surface area (Å²) in [5.74, 6) is -1.53. The number of aliphatic hydroxyl groups excluding tert-OH is 1. The van der Waals surface area contributed by atoms with Crippen LogP contribution < -0.4 is 4.74 Å². The number of aliphatic hydroxyl groups is 1. The zero-order valence-electron chi connectivity index (χ0n) is 9.83. The van der Waals surface area contributed by atoms with Crippen LogP contribution in [-0.4, -0.2) is 35.4 Å². The molecular formula is C12H14O6. The number of hydrogen-bond donors (Lipinski definition) is 2. The molecule has 18 heavy (non-hydrogen) atoms. The lowest BCUT2D eigenvalue weighted by Crippen LogP contribution is -2.25. The molecule has 0 aliphatic heterocycles. The number of methoxy groups -OCH3 is 1. The highest BCUT2D eigenvalue weighted by molar-refractivity contribution is 5.80. The van der Waals surface area contributed by atoms with Crippen LogP contribution in [0.25, 0.3) is 0 Å². The van der Waals surface area contributed by atoms with Gasteiger partial charge in [0.1, 0.15) is 12.4 Å². The molecule has 1 rings (SSSR count). The van der Waals surface area contributed by atoms with Gasteiger partial charge in [0.25, 0.3) is 0 Å². The van der Waals surface area contributed by atoms with Crippen LogP contribution >= 0.6 is 0 Å². The Kier molecular flexibility index (Phi) is 5.13. The smallest absolute Gasteiger partial charge is 0.335 e. The van der Waals surface area contributed by atoms with E-state index in [1.54, 1.807) is 24.3 Å². The first-order valence-corrected chi connectivity index (χ1v) is 5.22. The number of carbonyl (C=O) groups is 2. The quantitative estimate of drug-likeness (QED) is 0.721. The van der Waals surface area contributed by atoms with E-state index in [1.165, 1.54) is 7.11 Å². The van der Waals surface area contributed by atoms with Crippen LogP contribution in [-0.2, 0) is 20.9 Å². The van der Waals surface area contributed by atoms with Crippen molar-refractivity contribution in [2.24, 2.45) is 0 Å². The molecule has 2 N–H and O–H groups in total.